The second kappa shape index (κ2) is 71.0. The Kier molecular flexibility index (Phi) is 69.6. The molecule has 0 aliphatic heterocycles. The molecule has 0 saturated heterocycles. The quantitative estimate of drug-likeness (QED) is 0.0222. The lowest BCUT2D eigenvalue weighted by atomic mass is 9.99. The Morgan fingerprint density at radius 3 is 0.703 bits per heavy atom. The molecule has 0 heterocycles. The van der Waals surface area contributed by atoms with Crippen molar-refractivity contribution >= 4 is 39.5 Å². The van der Waals surface area contributed by atoms with Crippen molar-refractivity contribution in [1.29, 1.82) is 0 Å². The summed E-state index contributed by atoms with van der Waals surface area (Å²) >= 11 is 0. The van der Waals surface area contributed by atoms with E-state index in [1.165, 1.54) is 218 Å². The third-order valence-electron chi connectivity index (χ3n) is 19.4. The second-order valence-electron chi connectivity index (χ2n) is 31.2. The highest BCUT2D eigenvalue weighted by molar-refractivity contribution is 7.47. The highest BCUT2D eigenvalue weighted by Crippen LogP contribution is 2.45. The van der Waals surface area contributed by atoms with E-state index < -0.39 is 97.5 Å². The van der Waals surface area contributed by atoms with Gasteiger partial charge in [0.1, 0.15) is 19.3 Å². The molecule has 0 aliphatic rings. The first-order valence-electron chi connectivity index (χ1n) is 42.2. The molecule has 19 heteroatoms. The van der Waals surface area contributed by atoms with Crippen molar-refractivity contribution in [3.63, 3.8) is 0 Å². The molecule has 0 radical (unpaired) electrons. The summed E-state index contributed by atoms with van der Waals surface area (Å²) in [7, 11) is -9.92. The van der Waals surface area contributed by atoms with Gasteiger partial charge >= 0.3 is 39.5 Å². The van der Waals surface area contributed by atoms with Crippen molar-refractivity contribution in [3.8, 4) is 0 Å². The predicted molar refractivity (Wildman–Crippen MR) is 414 cm³/mol. The van der Waals surface area contributed by atoms with Gasteiger partial charge in [-0.15, -0.1) is 0 Å². The van der Waals surface area contributed by atoms with E-state index in [1.54, 1.807) is 0 Å². The molecule has 4 unspecified atom stereocenters. The van der Waals surface area contributed by atoms with Gasteiger partial charge in [-0.25, -0.2) is 9.13 Å². The van der Waals surface area contributed by atoms with Crippen LogP contribution in [0.4, 0.5) is 0 Å². The third kappa shape index (κ3) is 74.7. The van der Waals surface area contributed by atoms with Crippen molar-refractivity contribution in [3.05, 3.63) is 0 Å². The molecular weight excluding hydrogens is 1320 g/mol. The topological polar surface area (TPSA) is 237 Å². The fourth-order valence-electron chi connectivity index (χ4n) is 12.6. The van der Waals surface area contributed by atoms with Gasteiger partial charge in [0.15, 0.2) is 12.2 Å². The zero-order valence-electron chi connectivity index (χ0n) is 66.5. The first-order valence-corrected chi connectivity index (χ1v) is 45.2. The Bertz CT molecular complexity index is 1970. The fraction of sp³-hybridized carbons (Fsp3) is 0.951. The number of ether oxygens (including phenoxy) is 4. The first kappa shape index (κ1) is 99.1. The minimum Gasteiger partial charge on any atom is -0.462 e. The molecule has 0 aromatic rings. The summed E-state index contributed by atoms with van der Waals surface area (Å²) in [4.78, 5) is 73.0. The van der Waals surface area contributed by atoms with Gasteiger partial charge in [0, 0.05) is 25.7 Å². The van der Waals surface area contributed by atoms with Crippen LogP contribution >= 0.6 is 15.6 Å². The minimum absolute atomic E-state index is 0.105. The summed E-state index contributed by atoms with van der Waals surface area (Å²) in [6.45, 7) is 14.3. The summed E-state index contributed by atoms with van der Waals surface area (Å²) in [5.41, 5.74) is 0. The van der Waals surface area contributed by atoms with Crippen LogP contribution in [0.3, 0.4) is 0 Å². The Morgan fingerprint density at radius 2 is 0.475 bits per heavy atom. The van der Waals surface area contributed by atoms with Gasteiger partial charge < -0.3 is 33.8 Å². The van der Waals surface area contributed by atoms with Crippen molar-refractivity contribution in [1.82, 2.24) is 0 Å². The van der Waals surface area contributed by atoms with Crippen molar-refractivity contribution in [2.24, 2.45) is 23.7 Å². The predicted octanol–water partition coefficient (Wildman–Crippen LogP) is 24.4. The lowest BCUT2D eigenvalue weighted by Crippen LogP contribution is -2.30. The Morgan fingerprint density at radius 1 is 0.277 bits per heavy atom. The van der Waals surface area contributed by atoms with E-state index in [0.29, 0.717) is 31.6 Å². The molecule has 0 bridgehead atoms. The maximum absolute atomic E-state index is 13.1. The number of phosphoric acid groups is 2. The number of carbonyl (C=O) groups excluding carboxylic acids is 4. The van der Waals surface area contributed by atoms with Crippen LogP contribution in [0.25, 0.3) is 0 Å². The first-order chi connectivity index (χ1) is 48.6. The van der Waals surface area contributed by atoms with Gasteiger partial charge in [-0.3, -0.25) is 37.3 Å². The number of aliphatic hydroxyl groups is 1. The second-order valence-corrected chi connectivity index (χ2v) is 34.1. The molecule has 17 nitrogen and oxygen atoms in total. The Balaban J connectivity index is 5.20. The van der Waals surface area contributed by atoms with E-state index >= 15 is 0 Å². The van der Waals surface area contributed by atoms with Gasteiger partial charge in [-0.05, 0) is 49.4 Å². The van der Waals surface area contributed by atoms with Crippen LogP contribution in [0.1, 0.15) is 421 Å². The van der Waals surface area contributed by atoms with Crippen LogP contribution in [-0.4, -0.2) is 96.7 Å². The number of unbranched alkanes of at least 4 members (excludes halogenated alkanes) is 44. The Hall–Kier alpha value is -1.94. The zero-order valence-corrected chi connectivity index (χ0v) is 68.3. The molecule has 6 atom stereocenters. The van der Waals surface area contributed by atoms with E-state index in [-0.39, 0.29) is 25.7 Å². The molecule has 101 heavy (non-hydrogen) atoms. The molecule has 0 saturated carbocycles. The monoisotopic (exact) mass is 1480 g/mol. The molecule has 600 valence electrons. The SMILES string of the molecule is CCC(C)CCCCCCCCCCCCCCCCCCCCC(=O)OC[C@H](COP(=O)(O)OCC(O)COP(=O)(O)OC[C@@H](COC(=O)CCCCCCCCCC(C)C)OC(=O)CCCCCCCCCCCCC(C)C)OC(=O)CCCCCCCCCCCCCCCC(C)C. The normalized spacial score (nSPS) is 14.3. The summed E-state index contributed by atoms with van der Waals surface area (Å²) in [6.07, 6.45) is 58.4. The van der Waals surface area contributed by atoms with Crippen molar-refractivity contribution < 1.29 is 80.2 Å². The number of aliphatic hydroxyl groups excluding tert-OH is 1. The number of esters is 4. The fourth-order valence-corrected chi connectivity index (χ4v) is 14.2. The lowest BCUT2D eigenvalue weighted by Gasteiger charge is -2.21. The van der Waals surface area contributed by atoms with E-state index in [1.807, 2.05) is 0 Å². The van der Waals surface area contributed by atoms with Gasteiger partial charge in [0.05, 0.1) is 26.4 Å². The smallest absolute Gasteiger partial charge is 0.462 e. The number of hydrogen-bond acceptors (Lipinski definition) is 15. The van der Waals surface area contributed by atoms with Crippen molar-refractivity contribution in [2.75, 3.05) is 39.6 Å². The van der Waals surface area contributed by atoms with Crippen LogP contribution < -0.4 is 0 Å². The number of phosphoric ester groups is 2. The highest BCUT2D eigenvalue weighted by atomic mass is 31.2. The van der Waals surface area contributed by atoms with Crippen LogP contribution in [0.5, 0.6) is 0 Å². The summed E-state index contributed by atoms with van der Waals surface area (Å²) in [5, 5.41) is 10.6. The zero-order chi connectivity index (χ0) is 74.6. The maximum atomic E-state index is 13.1. The minimum atomic E-state index is -4.96. The van der Waals surface area contributed by atoms with E-state index in [2.05, 4.69) is 55.4 Å². The van der Waals surface area contributed by atoms with Crippen LogP contribution in [0, 0.1) is 23.7 Å². The summed E-state index contributed by atoms with van der Waals surface area (Å²) in [6, 6.07) is 0. The molecule has 0 aromatic carbocycles. The Labute approximate surface area is 619 Å². The molecule has 0 aromatic heterocycles. The number of rotatable bonds is 79. The number of hydrogen-bond donors (Lipinski definition) is 3. The van der Waals surface area contributed by atoms with Gasteiger partial charge in [0.2, 0.25) is 0 Å². The van der Waals surface area contributed by atoms with Gasteiger partial charge in [-0.2, -0.15) is 0 Å². The van der Waals surface area contributed by atoms with E-state index in [0.717, 1.165) is 114 Å². The molecule has 3 N–H and O–H groups in total. The number of carbonyl (C=O) groups is 4. The van der Waals surface area contributed by atoms with Crippen LogP contribution in [0.15, 0.2) is 0 Å². The molecule has 0 aliphatic carbocycles. The highest BCUT2D eigenvalue weighted by Gasteiger charge is 2.30. The molecule has 0 amide bonds. The average Bonchev–Trinajstić information content (AvgIpc) is 0.916. The maximum Gasteiger partial charge on any atom is 0.472 e. The largest absolute Gasteiger partial charge is 0.472 e. The molecular formula is C82H160O17P2. The van der Waals surface area contributed by atoms with E-state index in [4.69, 9.17) is 37.0 Å². The molecule has 0 spiro atoms. The summed E-state index contributed by atoms with van der Waals surface area (Å²) < 4.78 is 68.7. The standard InChI is InChI=1S/C82H160O17P2/c1-9-75(8)61-53-45-37-29-22-18-14-12-10-11-13-15-19-23-30-38-46-54-62-79(84)92-68-77(98-81(86)64-56-48-39-31-24-20-16-17-21-27-34-42-50-58-72(2)3)70-96-100(88,89)94-66-76(83)67-95-101(90,91)97-71-78(69-93-80(85)63-55-47-41-33-36-44-52-60-74(6)7)99-82(87)65-57-49-40-32-26-25-28-35-43-51-59-73(4)5/h72-78,83H,9-71H2,1-8H3,(H,88,89)(H,90,91)/t75?,76?,77-,78-/m1/s1. The molecule has 0 fully saturated rings. The van der Waals surface area contributed by atoms with Crippen LogP contribution in [-0.2, 0) is 65.4 Å². The van der Waals surface area contributed by atoms with Gasteiger partial charge in [0.25, 0.3) is 0 Å². The van der Waals surface area contributed by atoms with Gasteiger partial charge in [-0.1, -0.05) is 370 Å². The average molecular weight is 1480 g/mol. The lowest BCUT2D eigenvalue weighted by molar-refractivity contribution is -0.161. The van der Waals surface area contributed by atoms with Crippen molar-refractivity contribution in [2.45, 2.75) is 440 Å². The van der Waals surface area contributed by atoms with Crippen LogP contribution in [0.2, 0.25) is 0 Å². The summed E-state index contributed by atoms with van der Waals surface area (Å²) in [5.74, 6) is 1.00. The van der Waals surface area contributed by atoms with E-state index in [9.17, 15) is 43.2 Å². The molecule has 0 rings (SSSR count). The third-order valence-corrected chi connectivity index (χ3v) is 21.3.